The lowest BCUT2D eigenvalue weighted by Crippen LogP contribution is -2.51. The van der Waals surface area contributed by atoms with Crippen molar-refractivity contribution in [1.29, 1.82) is 0 Å². The lowest BCUT2D eigenvalue weighted by atomic mass is 9.49. The van der Waals surface area contributed by atoms with Crippen molar-refractivity contribution in [3.63, 3.8) is 0 Å². The van der Waals surface area contributed by atoms with Crippen LogP contribution in [0.1, 0.15) is 71.6 Å². The summed E-state index contributed by atoms with van der Waals surface area (Å²) in [6.45, 7) is 4.62. The van der Waals surface area contributed by atoms with Crippen molar-refractivity contribution in [2.75, 3.05) is 6.79 Å². The van der Waals surface area contributed by atoms with Crippen LogP contribution in [0.2, 0.25) is 0 Å². The summed E-state index contributed by atoms with van der Waals surface area (Å²) in [7, 11) is 0. The zero-order valence-corrected chi connectivity index (χ0v) is 22.5. The number of ketones is 1. The van der Waals surface area contributed by atoms with Crippen molar-refractivity contribution in [1.82, 2.24) is 14.3 Å². The number of ether oxygens (including phenoxy) is 2. The first-order chi connectivity index (χ1) is 18.2. The van der Waals surface area contributed by atoms with Gasteiger partial charge in [-0.05, 0) is 112 Å². The van der Waals surface area contributed by atoms with Gasteiger partial charge in [0.05, 0.1) is 17.8 Å². The zero-order chi connectivity index (χ0) is 26.2. The van der Waals surface area contributed by atoms with Crippen molar-refractivity contribution in [2.45, 2.75) is 83.8 Å². The van der Waals surface area contributed by atoms with Gasteiger partial charge in [0, 0.05) is 12.0 Å². The molecule has 0 amide bonds. The van der Waals surface area contributed by atoms with Crippen LogP contribution in [0.5, 0.6) is 11.5 Å². The van der Waals surface area contributed by atoms with E-state index in [1.165, 1.54) is 34.8 Å². The van der Waals surface area contributed by atoms with Crippen molar-refractivity contribution in [3.05, 3.63) is 35.0 Å². The molecule has 1 aromatic carbocycles. The van der Waals surface area contributed by atoms with E-state index in [1.807, 2.05) is 6.92 Å². The number of benzene rings is 1. The molecule has 4 saturated carbocycles. The average molecular weight is 522 g/mol. The number of carbonyl (C=O) groups excluding carboxylic acids is 1. The van der Waals surface area contributed by atoms with Crippen LogP contribution in [0.15, 0.2) is 29.3 Å². The molecule has 5 aliphatic rings. The maximum atomic E-state index is 13.7. The van der Waals surface area contributed by atoms with Gasteiger partial charge in [-0.2, -0.15) is 9.78 Å². The smallest absolute Gasteiger partial charge is 0.350 e. The van der Waals surface area contributed by atoms with E-state index < -0.39 is 5.60 Å². The minimum absolute atomic E-state index is 0.000874. The fourth-order valence-corrected chi connectivity index (χ4v) is 9.53. The van der Waals surface area contributed by atoms with Crippen LogP contribution >= 0.6 is 0 Å². The van der Waals surface area contributed by atoms with Gasteiger partial charge < -0.3 is 14.6 Å². The predicted molar refractivity (Wildman–Crippen MR) is 140 cm³/mol. The monoisotopic (exact) mass is 521 g/mol. The molecule has 0 spiro atoms. The molecule has 8 atom stereocenters. The Morgan fingerprint density at radius 3 is 2.71 bits per heavy atom. The summed E-state index contributed by atoms with van der Waals surface area (Å²) in [5, 5.41) is 15.0. The molecule has 38 heavy (non-hydrogen) atoms. The molecule has 7 rings (SSSR count). The molecule has 8 heteroatoms. The van der Waals surface area contributed by atoms with Gasteiger partial charge in [0.1, 0.15) is 6.33 Å². The molecule has 2 heterocycles. The van der Waals surface area contributed by atoms with Gasteiger partial charge in [0.2, 0.25) is 6.79 Å². The molecule has 4 fully saturated rings. The highest BCUT2D eigenvalue weighted by Crippen LogP contribution is 2.64. The van der Waals surface area contributed by atoms with Crippen LogP contribution in [-0.4, -0.2) is 37.6 Å². The van der Waals surface area contributed by atoms with Crippen molar-refractivity contribution < 1.29 is 19.4 Å². The molecule has 0 saturated heterocycles. The summed E-state index contributed by atoms with van der Waals surface area (Å²) in [5.41, 5.74) is -0.192. The van der Waals surface area contributed by atoms with Crippen LogP contribution in [0.3, 0.4) is 0 Å². The highest BCUT2D eigenvalue weighted by atomic mass is 16.7. The van der Waals surface area contributed by atoms with Gasteiger partial charge in [-0.25, -0.2) is 4.79 Å². The third-order valence-corrected chi connectivity index (χ3v) is 11.3. The number of rotatable bonds is 4. The number of nitrogens with zero attached hydrogens (tertiary/aromatic N) is 3. The molecule has 8 nitrogen and oxygen atoms in total. The highest BCUT2D eigenvalue weighted by molar-refractivity contribution is 5.82. The molecule has 2 aromatic rings. The van der Waals surface area contributed by atoms with E-state index in [-0.39, 0.29) is 36.1 Å². The highest BCUT2D eigenvalue weighted by Gasteiger charge is 2.58. The molecular formula is C30H39N3O5. The molecule has 1 aliphatic heterocycles. The minimum atomic E-state index is -0.489. The molecule has 0 bridgehead atoms. The van der Waals surface area contributed by atoms with Crippen molar-refractivity contribution in [3.8, 4) is 17.2 Å². The Morgan fingerprint density at radius 2 is 1.84 bits per heavy atom. The van der Waals surface area contributed by atoms with E-state index in [0.29, 0.717) is 34.9 Å². The van der Waals surface area contributed by atoms with Gasteiger partial charge in [-0.3, -0.25) is 9.36 Å². The Morgan fingerprint density at radius 1 is 1.03 bits per heavy atom. The lowest BCUT2D eigenvalue weighted by Gasteiger charge is -2.56. The van der Waals surface area contributed by atoms with Gasteiger partial charge in [-0.15, -0.1) is 0 Å². The van der Waals surface area contributed by atoms with E-state index >= 15 is 0 Å². The van der Waals surface area contributed by atoms with E-state index in [9.17, 15) is 14.7 Å². The first kappa shape index (κ1) is 24.4. The topological polar surface area (TPSA) is 95.6 Å². The zero-order valence-electron chi connectivity index (χ0n) is 22.5. The minimum Gasteiger partial charge on any atom is -0.454 e. The molecular weight excluding hydrogens is 482 g/mol. The summed E-state index contributed by atoms with van der Waals surface area (Å²) in [4.78, 5) is 26.9. The third kappa shape index (κ3) is 3.77. The summed E-state index contributed by atoms with van der Waals surface area (Å²) in [6, 6.07) is 5.29. The predicted octanol–water partition coefficient (Wildman–Crippen LogP) is 4.35. The summed E-state index contributed by atoms with van der Waals surface area (Å²) in [6.07, 6.45) is 11.3. The Bertz CT molecular complexity index is 1310. The van der Waals surface area contributed by atoms with E-state index in [2.05, 4.69) is 12.0 Å². The van der Waals surface area contributed by atoms with Crippen molar-refractivity contribution in [2.24, 2.45) is 40.9 Å². The first-order valence-corrected chi connectivity index (χ1v) is 14.5. The second kappa shape index (κ2) is 8.70. The van der Waals surface area contributed by atoms with E-state index in [4.69, 9.17) is 9.47 Å². The maximum Gasteiger partial charge on any atom is 0.350 e. The number of carbonyl (C=O) groups is 1. The molecule has 0 radical (unpaired) electrons. The Kier molecular flexibility index (Phi) is 5.59. The largest absolute Gasteiger partial charge is 0.454 e. The fraction of sp³-hybridized carbons (Fsp3) is 0.700. The number of hydrogen-bond acceptors (Lipinski definition) is 6. The van der Waals surface area contributed by atoms with Gasteiger partial charge >= 0.3 is 5.69 Å². The quantitative estimate of drug-likeness (QED) is 0.643. The molecule has 4 aliphatic carbocycles. The maximum absolute atomic E-state index is 13.7. The second-order valence-corrected chi connectivity index (χ2v) is 13.3. The molecule has 1 N–H and O–H groups in total. The van der Waals surface area contributed by atoms with E-state index in [1.54, 1.807) is 18.2 Å². The number of aliphatic hydroxyl groups is 1. The van der Waals surface area contributed by atoms with Crippen LogP contribution in [0.25, 0.3) is 5.69 Å². The standard InChI is InChI=1S/C30H39N3O5/c1-29(36)11-9-20-18(14-29)3-5-22-21(20)10-12-30(2)23(22)6-7-24(30)25(34)15-32-16-31-33(28(32)35)19-4-8-26-27(13-19)38-17-37-26/h4,8,13,16,18,20-24,36H,3,5-7,9-12,14-15,17H2,1-2H3/t18-,20+,21-,22-,23+,24-,29-,30+/m1/s1. The van der Waals surface area contributed by atoms with Crippen LogP contribution in [-0.2, 0) is 11.3 Å². The molecule has 1 aromatic heterocycles. The second-order valence-electron chi connectivity index (χ2n) is 13.3. The van der Waals surface area contributed by atoms with Gasteiger partial charge in [-0.1, -0.05) is 6.92 Å². The average Bonchev–Trinajstić information content (AvgIpc) is 3.59. The first-order valence-electron chi connectivity index (χ1n) is 14.5. The number of aromatic nitrogens is 3. The van der Waals surface area contributed by atoms with E-state index in [0.717, 1.165) is 50.4 Å². The number of Topliss-reactive ketones (excluding diaryl/α,β-unsaturated/α-hetero) is 1. The Hall–Kier alpha value is -2.61. The number of fused-ring (bicyclic) bond motifs is 6. The van der Waals surface area contributed by atoms with Gasteiger partial charge in [0.25, 0.3) is 0 Å². The summed E-state index contributed by atoms with van der Waals surface area (Å²) >= 11 is 0. The molecule has 204 valence electrons. The SMILES string of the molecule is C[C@@]1(O)CC[C@H]2[C@H](CC[C@@H]3[C@@H]2CC[C@]2(C)[C@@H](C(=O)Cn4cnn(-c5ccc6c(c5)OCO6)c4=O)CC[C@@H]32)C1. The third-order valence-electron chi connectivity index (χ3n) is 11.3. The fourth-order valence-electron chi connectivity index (χ4n) is 9.53. The van der Waals surface area contributed by atoms with Crippen LogP contribution in [0, 0.1) is 40.9 Å². The van der Waals surface area contributed by atoms with Gasteiger partial charge in [0.15, 0.2) is 17.3 Å². The molecule has 0 unspecified atom stereocenters. The number of hydrogen-bond donors (Lipinski definition) is 1. The van der Waals surface area contributed by atoms with Crippen molar-refractivity contribution >= 4 is 5.78 Å². The Labute approximate surface area is 223 Å². The summed E-state index contributed by atoms with van der Waals surface area (Å²) < 4.78 is 13.6. The van der Waals surface area contributed by atoms with Crippen LogP contribution < -0.4 is 15.2 Å². The summed E-state index contributed by atoms with van der Waals surface area (Å²) in [5.74, 6) is 4.86. The normalized spacial score (nSPS) is 39.3. The Balaban J connectivity index is 1.07. The van der Waals surface area contributed by atoms with Crippen LogP contribution in [0.4, 0.5) is 0 Å². The lowest BCUT2D eigenvalue weighted by molar-refractivity contribution is -0.133.